The van der Waals surface area contributed by atoms with Crippen molar-refractivity contribution in [2.75, 3.05) is 4.90 Å². The second-order valence-corrected chi connectivity index (χ2v) is 8.44. The third-order valence-electron chi connectivity index (χ3n) is 4.43. The quantitative estimate of drug-likeness (QED) is 0.609. The van der Waals surface area contributed by atoms with Crippen LogP contribution in [0.15, 0.2) is 46.8 Å². The highest BCUT2D eigenvalue weighted by Gasteiger charge is 2.37. The first-order chi connectivity index (χ1) is 14.4. The van der Waals surface area contributed by atoms with Crippen LogP contribution in [0.25, 0.3) is 9.88 Å². The van der Waals surface area contributed by atoms with Gasteiger partial charge in [-0.15, -0.1) is 22.7 Å². The third kappa shape index (κ3) is 3.91. The summed E-state index contributed by atoms with van der Waals surface area (Å²) in [5, 5.41) is 5.56. The van der Waals surface area contributed by atoms with E-state index in [9.17, 15) is 18.8 Å². The summed E-state index contributed by atoms with van der Waals surface area (Å²) < 4.78 is 13.2. The number of imide groups is 1. The minimum Gasteiger partial charge on any atom is -0.350 e. The highest BCUT2D eigenvalue weighted by Crippen LogP contribution is 2.31. The number of thiophene rings is 1. The Morgan fingerprint density at radius 1 is 1.23 bits per heavy atom. The average Bonchev–Trinajstić information content (AvgIpc) is 3.37. The Morgan fingerprint density at radius 2 is 2.00 bits per heavy atom. The van der Waals surface area contributed by atoms with E-state index in [-0.39, 0.29) is 12.2 Å². The first-order valence-electron chi connectivity index (χ1n) is 8.89. The number of halogens is 1. The van der Waals surface area contributed by atoms with E-state index >= 15 is 0 Å². The molecule has 0 spiro atoms. The highest BCUT2D eigenvalue weighted by atomic mass is 32.1. The Balaban J connectivity index is 1.47. The van der Waals surface area contributed by atoms with Crippen molar-refractivity contribution >= 4 is 52.4 Å². The van der Waals surface area contributed by atoms with E-state index in [0.717, 1.165) is 43.7 Å². The first kappa shape index (κ1) is 20.0. The number of anilines is 1. The maximum Gasteiger partial charge on any atom is 0.354 e. The molecule has 1 aliphatic rings. The Bertz CT molecular complexity index is 1140. The number of urea groups is 1. The molecule has 1 atom stereocenters. The SMILES string of the molecule is Cc1nc(-c2cccs2)sc1CNC(=O)C1C=NC(=O)N(c2ccc(F)cc2)C1=O. The van der Waals surface area contributed by atoms with Crippen molar-refractivity contribution in [3.05, 3.63) is 58.2 Å². The summed E-state index contributed by atoms with van der Waals surface area (Å²) in [6.45, 7) is 2.06. The van der Waals surface area contributed by atoms with Crippen LogP contribution in [0.2, 0.25) is 0 Å². The van der Waals surface area contributed by atoms with Gasteiger partial charge in [0.15, 0.2) is 5.92 Å². The van der Waals surface area contributed by atoms with Crippen molar-refractivity contribution in [2.45, 2.75) is 13.5 Å². The fraction of sp³-hybridized carbons (Fsp3) is 0.150. The van der Waals surface area contributed by atoms with Crippen molar-refractivity contribution in [2.24, 2.45) is 10.9 Å². The Labute approximate surface area is 178 Å². The van der Waals surface area contributed by atoms with Gasteiger partial charge in [-0.05, 0) is 42.6 Å². The van der Waals surface area contributed by atoms with E-state index in [4.69, 9.17) is 0 Å². The zero-order chi connectivity index (χ0) is 21.3. The van der Waals surface area contributed by atoms with Crippen LogP contribution in [0.1, 0.15) is 10.6 Å². The third-order valence-corrected chi connectivity index (χ3v) is 6.62. The molecular weight excluding hydrogens is 427 g/mol. The number of hydrogen-bond acceptors (Lipinski definition) is 6. The van der Waals surface area contributed by atoms with Crippen molar-refractivity contribution in [3.63, 3.8) is 0 Å². The van der Waals surface area contributed by atoms with Crippen LogP contribution in [0, 0.1) is 18.7 Å². The molecule has 30 heavy (non-hydrogen) atoms. The number of aromatic nitrogens is 1. The fourth-order valence-electron chi connectivity index (χ4n) is 2.88. The molecule has 152 valence electrons. The van der Waals surface area contributed by atoms with Gasteiger partial charge >= 0.3 is 6.03 Å². The average molecular weight is 442 g/mol. The van der Waals surface area contributed by atoms with Crippen LogP contribution >= 0.6 is 22.7 Å². The summed E-state index contributed by atoms with van der Waals surface area (Å²) in [4.78, 5) is 48.3. The lowest BCUT2D eigenvalue weighted by Crippen LogP contribution is -2.49. The largest absolute Gasteiger partial charge is 0.354 e. The molecule has 0 saturated carbocycles. The van der Waals surface area contributed by atoms with Gasteiger partial charge in [-0.1, -0.05) is 6.07 Å². The predicted octanol–water partition coefficient (Wildman–Crippen LogP) is 3.79. The number of hydrogen-bond donors (Lipinski definition) is 1. The van der Waals surface area contributed by atoms with Crippen LogP contribution in [0.5, 0.6) is 0 Å². The highest BCUT2D eigenvalue weighted by molar-refractivity contribution is 7.21. The van der Waals surface area contributed by atoms with E-state index in [0.29, 0.717) is 0 Å². The van der Waals surface area contributed by atoms with Crippen molar-refractivity contribution in [1.29, 1.82) is 0 Å². The van der Waals surface area contributed by atoms with Gasteiger partial charge in [0.1, 0.15) is 10.8 Å². The molecule has 4 rings (SSSR count). The lowest BCUT2D eigenvalue weighted by atomic mass is 10.1. The van der Waals surface area contributed by atoms with Crippen LogP contribution in [-0.4, -0.2) is 29.0 Å². The maximum atomic E-state index is 13.2. The van der Waals surface area contributed by atoms with Gasteiger partial charge in [0.25, 0.3) is 5.91 Å². The van der Waals surface area contributed by atoms with E-state index in [1.807, 2.05) is 24.4 Å². The molecule has 10 heteroatoms. The molecule has 1 aromatic carbocycles. The van der Waals surface area contributed by atoms with E-state index in [1.54, 1.807) is 11.3 Å². The van der Waals surface area contributed by atoms with Crippen molar-refractivity contribution < 1.29 is 18.8 Å². The number of nitrogens with one attached hydrogen (secondary N) is 1. The second kappa shape index (κ2) is 8.25. The summed E-state index contributed by atoms with van der Waals surface area (Å²) in [5.74, 6) is -3.07. The molecule has 0 aliphatic carbocycles. The minimum atomic E-state index is -1.25. The normalized spacial score (nSPS) is 16.2. The standard InChI is InChI=1S/C20H15FN4O3S2/c1-11-16(30-18(24-11)15-3-2-8-29-15)10-22-17(26)14-9-23-20(28)25(19(14)27)13-6-4-12(21)5-7-13/h2-9,14H,10H2,1H3,(H,22,26). The van der Waals surface area contributed by atoms with Crippen LogP contribution < -0.4 is 10.2 Å². The van der Waals surface area contributed by atoms with Crippen LogP contribution in [-0.2, 0) is 16.1 Å². The number of amides is 4. The molecule has 4 amide bonds. The maximum absolute atomic E-state index is 13.2. The number of rotatable bonds is 5. The van der Waals surface area contributed by atoms with Gasteiger partial charge in [-0.3, -0.25) is 9.59 Å². The van der Waals surface area contributed by atoms with Gasteiger partial charge in [0, 0.05) is 11.1 Å². The summed E-state index contributed by atoms with van der Waals surface area (Å²) >= 11 is 3.05. The summed E-state index contributed by atoms with van der Waals surface area (Å²) in [5.41, 5.74) is 0.954. The lowest BCUT2D eigenvalue weighted by molar-refractivity contribution is -0.130. The molecule has 3 heterocycles. The molecule has 1 N–H and O–H groups in total. The van der Waals surface area contributed by atoms with Gasteiger partial charge in [-0.2, -0.15) is 0 Å². The number of thiazole rings is 1. The molecule has 1 unspecified atom stereocenters. The Morgan fingerprint density at radius 3 is 2.70 bits per heavy atom. The molecule has 0 bridgehead atoms. The number of carbonyl (C=O) groups excluding carboxylic acids is 3. The number of carbonyl (C=O) groups is 3. The van der Waals surface area contributed by atoms with Gasteiger partial charge in [0.2, 0.25) is 5.91 Å². The number of benzene rings is 1. The Hall–Kier alpha value is -3.24. The topological polar surface area (TPSA) is 91.7 Å². The molecule has 0 fully saturated rings. The molecule has 2 aromatic heterocycles. The van der Waals surface area contributed by atoms with E-state index < -0.39 is 29.6 Å². The van der Waals surface area contributed by atoms with Crippen LogP contribution in [0.3, 0.4) is 0 Å². The Kier molecular flexibility index (Phi) is 5.51. The van der Waals surface area contributed by atoms with Gasteiger partial charge in [-0.25, -0.2) is 24.1 Å². The smallest absolute Gasteiger partial charge is 0.350 e. The van der Waals surface area contributed by atoms with E-state index in [1.165, 1.54) is 23.5 Å². The van der Waals surface area contributed by atoms with E-state index in [2.05, 4.69) is 15.3 Å². The second-order valence-electron chi connectivity index (χ2n) is 6.41. The zero-order valence-electron chi connectivity index (χ0n) is 15.7. The fourth-order valence-corrected chi connectivity index (χ4v) is 4.67. The predicted molar refractivity (Wildman–Crippen MR) is 113 cm³/mol. The molecule has 7 nitrogen and oxygen atoms in total. The minimum absolute atomic E-state index is 0.153. The summed E-state index contributed by atoms with van der Waals surface area (Å²) in [6.07, 6.45) is 1.04. The molecule has 1 aliphatic heterocycles. The zero-order valence-corrected chi connectivity index (χ0v) is 17.3. The lowest BCUT2D eigenvalue weighted by Gasteiger charge is -2.25. The number of aryl methyl sites for hydroxylation is 1. The number of nitrogens with zero attached hydrogens (tertiary/aromatic N) is 3. The summed E-state index contributed by atoms with van der Waals surface area (Å²) in [7, 11) is 0. The van der Waals surface area contributed by atoms with Crippen LogP contribution in [0.4, 0.5) is 14.9 Å². The molecule has 3 aromatic rings. The van der Waals surface area contributed by atoms with Gasteiger partial charge < -0.3 is 5.32 Å². The summed E-state index contributed by atoms with van der Waals surface area (Å²) in [6, 6.07) is 7.92. The molecular formula is C20H15FN4O3S2. The van der Waals surface area contributed by atoms with Gasteiger partial charge in [0.05, 0.1) is 22.8 Å². The van der Waals surface area contributed by atoms with Crippen molar-refractivity contribution in [3.8, 4) is 9.88 Å². The first-order valence-corrected chi connectivity index (χ1v) is 10.6. The molecule has 0 radical (unpaired) electrons. The monoisotopic (exact) mass is 442 g/mol. The molecule has 0 saturated heterocycles. The van der Waals surface area contributed by atoms with Crippen molar-refractivity contribution in [1.82, 2.24) is 10.3 Å². The number of aliphatic imine (C=N–C) groups is 1.